The highest BCUT2D eigenvalue weighted by Gasteiger charge is 2.27. The summed E-state index contributed by atoms with van der Waals surface area (Å²) in [6, 6.07) is 13.2. The quantitative estimate of drug-likeness (QED) is 0.806. The highest BCUT2D eigenvalue weighted by molar-refractivity contribution is 5.94. The molecule has 1 unspecified atom stereocenters. The van der Waals surface area contributed by atoms with E-state index in [0.29, 0.717) is 12.2 Å². The third kappa shape index (κ3) is 5.56. The number of para-hydroxylation sites is 1. The van der Waals surface area contributed by atoms with Gasteiger partial charge in [-0.15, -0.1) is 0 Å². The van der Waals surface area contributed by atoms with Crippen LogP contribution in [0.1, 0.15) is 36.7 Å². The SMILES string of the molecule is COCc1ccc(C(=O)NC(COc2ccccc2F)C(C)(C)C)cc1. The molecule has 1 amide bonds. The lowest BCUT2D eigenvalue weighted by atomic mass is 9.87. The summed E-state index contributed by atoms with van der Waals surface area (Å²) >= 11 is 0. The fourth-order valence-electron chi connectivity index (χ4n) is 2.40. The van der Waals surface area contributed by atoms with Gasteiger partial charge in [0.05, 0.1) is 12.6 Å². The molecule has 0 radical (unpaired) electrons. The molecule has 0 heterocycles. The molecule has 26 heavy (non-hydrogen) atoms. The second kappa shape index (κ2) is 8.81. The molecular weight excluding hydrogens is 333 g/mol. The number of hydrogen-bond donors (Lipinski definition) is 1. The predicted molar refractivity (Wildman–Crippen MR) is 99.8 cm³/mol. The van der Waals surface area contributed by atoms with Crippen LogP contribution in [0.25, 0.3) is 0 Å². The summed E-state index contributed by atoms with van der Waals surface area (Å²) < 4.78 is 24.4. The van der Waals surface area contributed by atoms with Gasteiger partial charge >= 0.3 is 0 Å². The van der Waals surface area contributed by atoms with Crippen LogP contribution in [0.15, 0.2) is 48.5 Å². The van der Waals surface area contributed by atoms with Gasteiger partial charge in [0.25, 0.3) is 5.91 Å². The van der Waals surface area contributed by atoms with Crippen molar-refractivity contribution in [1.82, 2.24) is 5.32 Å². The first-order valence-electron chi connectivity index (χ1n) is 8.57. The van der Waals surface area contributed by atoms with E-state index in [9.17, 15) is 9.18 Å². The first-order valence-corrected chi connectivity index (χ1v) is 8.57. The minimum absolute atomic E-state index is 0.179. The Balaban J connectivity index is 2.05. The van der Waals surface area contributed by atoms with E-state index >= 15 is 0 Å². The number of methoxy groups -OCH3 is 1. The second-order valence-corrected chi connectivity index (χ2v) is 7.26. The number of ether oxygens (including phenoxy) is 2. The molecule has 0 aliphatic rings. The Morgan fingerprint density at radius 1 is 1.12 bits per heavy atom. The van der Waals surface area contributed by atoms with E-state index in [0.717, 1.165) is 5.56 Å². The van der Waals surface area contributed by atoms with Gasteiger partial charge in [0, 0.05) is 12.7 Å². The molecule has 0 spiro atoms. The molecule has 2 aromatic rings. The first-order chi connectivity index (χ1) is 12.3. The Morgan fingerprint density at radius 2 is 1.77 bits per heavy atom. The second-order valence-electron chi connectivity index (χ2n) is 7.26. The number of amides is 1. The third-order valence-corrected chi connectivity index (χ3v) is 4.12. The fraction of sp³-hybridized carbons (Fsp3) is 0.381. The number of hydrogen-bond acceptors (Lipinski definition) is 3. The highest BCUT2D eigenvalue weighted by Crippen LogP contribution is 2.22. The van der Waals surface area contributed by atoms with Crippen molar-refractivity contribution in [2.45, 2.75) is 33.4 Å². The number of carbonyl (C=O) groups is 1. The van der Waals surface area contributed by atoms with E-state index in [1.165, 1.54) is 6.07 Å². The maximum Gasteiger partial charge on any atom is 0.251 e. The molecule has 0 saturated heterocycles. The lowest BCUT2D eigenvalue weighted by Gasteiger charge is -2.31. The van der Waals surface area contributed by atoms with Crippen LogP contribution in [0.5, 0.6) is 5.75 Å². The molecule has 4 nitrogen and oxygen atoms in total. The van der Waals surface area contributed by atoms with E-state index in [1.807, 2.05) is 32.9 Å². The molecule has 0 aliphatic carbocycles. The molecule has 0 saturated carbocycles. The molecule has 0 bridgehead atoms. The van der Waals surface area contributed by atoms with E-state index < -0.39 is 5.82 Å². The highest BCUT2D eigenvalue weighted by atomic mass is 19.1. The van der Waals surface area contributed by atoms with Crippen LogP contribution in [0.4, 0.5) is 4.39 Å². The van der Waals surface area contributed by atoms with Gasteiger partial charge in [0.15, 0.2) is 11.6 Å². The predicted octanol–water partition coefficient (Wildman–Crippen LogP) is 4.20. The molecule has 5 heteroatoms. The Morgan fingerprint density at radius 3 is 2.35 bits per heavy atom. The first kappa shape index (κ1) is 19.9. The minimum atomic E-state index is -0.416. The van der Waals surface area contributed by atoms with Gasteiger partial charge < -0.3 is 14.8 Å². The van der Waals surface area contributed by atoms with Gasteiger partial charge in [-0.2, -0.15) is 0 Å². The molecule has 140 valence electrons. The normalized spacial score (nSPS) is 12.5. The fourth-order valence-corrected chi connectivity index (χ4v) is 2.40. The molecule has 1 atom stereocenters. The van der Waals surface area contributed by atoms with Crippen molar-refractivity contribution >= 4 is 5.91 Å². The van der Waals surface area contributed by atoms with Gasteiger partial charge in [-0.3, -0.25) is 4.79 Å². The van der Waals surface area contributed by atoms with Crippen molar-refractivity contribution in [2.75, 3.05) is 13.7 Å². The Labute approximate surface area is 154 Å². The number of carbonyl (C=O) groups excluding carboxylic acids is 1. The van der Waals surface area contributed by atoms with Crippen LogP contribution in [0, 0.1) is 11.2 Å². The summed E-state index contributed by atoms with van der Waals surface area (Å²) in [7, 11) is 1.63. The Bertz CT molecular complexity index is 723. The van der Waals surface area contributed by atoms with Crippen molar-refractivity contribution in [3.63, 3.8) is 0 Å². The molecule has 2 aromatic carbocycles. The topological polar surface area (TPSA) is 47.6 Å². The van der Waals surface area contributed by atoms with Crippen molar-refractivity contribution in [3.05, 3.63) is 65.5 Å². The average Bonchev–Trinajstić information content (AvgIpc) is 2.59. The van der Waals surface area contributed by atoms with Crippen LogP contribution in [0.3, 0.4) is 0 Å². The van der Waals surface area contributed by atoms with Crippen molar-refractivity contribution in [3.8, 4) is 5.75 Å². The van der Waals surface area contributed by atoms with Crippen molar-refractivity contribution < 1.29 is 18.7 Å². The summed E-state index contributed by atoms with van der Waals surface area (Å²) in [5.41, 5.74) is 1.31. The molecule has 1 N–H and O–H groups in total. The maximum atomic E-state index is 13.7. The zero-order chi connectivity index (χ0) is 19.2. The van der Waals surface area contributed by atoms with Crippen molar-refractivity contribution in [2.24, 2.45) is 5.41 Å². The number of benzene rings is 2. The van der Waals surface area contributed by atoms with Gasteiger partial charge in [0.1, 0.15) is 6.61 Å². The van der Waals surface area contributed by atoms with E-state index in [-0.39, 0.29) is 29.7 Å². The van der Waals surface area contributed by atoms with Gasteiger partial charge in [-0.25, -0.2) is 4.39 Å². The summed E-state index contributed by atoms with van der Waals surface area (Å²) in [6.45, 7) is 6.69. The summed E-state index contributed by atoms with van der Waals surface area (Å²) in [6.07, 6.45) is 0. The van der Waals surface area contributed by atoms with E-state index in [2.05, 4.69) is 5.32 Å². The minimum Gasteiger partial charge on any atom is -0.488 e. The van der Waals surface area contributed by atoms with Crippen LogP contribution >= 0.6 is 0 Å². The lowest BCUT2D eigenvalue weighted by Crippen LogP contribution is -2.47. The summed E-state index contributed by atoms with van der Waals surface area (Å²) in [5, 5.41) is 3.00. The van der Waals surface area contributed by atoms with Gasteiger partial charge in [-0.1, -0.05) is 45.0 Å². The van der Waals surface area contributed by atoms with Crippen LogP contribution < -0.4 is 10.1 Å². The monoisotopic (exact) mass is 359 g/mol. The summed E-state index contributed by atoms with van der Waals surface area (Å²) in [4.78, 5) is 12.6. The molecule has 2 rings (SSSR count). The third-order valence-electron chi connectivity index (χ3n) is 4.12. The van der Waals surface area contributed by atoms with Crippen molar-refractivity contribution in [1.29, 1.82) is 0 Å². The molecule has 0 aliphatic heterocycles. The van der Waals surface area contributed by atoms with E-state index in [4.69, 9.17) is 9.47 Å². The number of rotatable bonds is 7. The zero-order valence-corrected chi connectivity index (χ0v) is 15.7. The molecule has 0 aromatic heterocycles. The number of halogens is 1. The maximum absolute atomic E-state index is 13.7. The van der Waals surface area contributed by atoms with Crippen LogP contribution in [-0.2, 0) is 11.3 Å². The van der Waals surface area contributed by atoms with E-state index in [1.54, 1.807) is 37.4 Å². The van der Waals surface area contributed by atoms with Gasteiger partial charge in [-0.05, 0) is 35.2 Å². The molecule has 0 fully saturated rings. The number of nitrogens with one attached hydrogen (secondary N) is 1. The Hall–Kier alpha value is -2.40. The van der Waals surface area contributed by atoms with Crippen LogP contribution in [0.2, 0.25) is 0 Å². The standard InChI is InChI=1S/C21H26FNO3/c1-21(2,3)19(14-26-18-8-6-5-7-17(18)22)23-20(24)16-11-9-15(10-12-16)13-25-4/h5-12,19H,13-14H2,1-4H3,(H,23,24). The Kier molecular flexibility index (Phi) is 6.75. The zero-order valence-electron chi connectivity index (χ0n) is 15.7. The molecular formula is C21H26FNO3. The van der Waals surface area contributed by atoms with Gasteiger partial charge in [0.2, 0.25) is 0 Å². The average molecular weight is 359 g/mol. The van der Waals surface area contributed by atoms with Crippen LogP contribution in [-0.4, -0.2) is 25.7 Å². The summed E-state index contributed by atoms with van der Waals surface area (Å²) in [5.74, 6) is -0.425. The largest absolute Gasteiger partial charge is 0.488 e. The smallest absolute Gasteiger partial charge is 0.251 e. The lowest BCUT2D eigenvalue weighted by molar-refractivity contribution is 0.0860.